The molecule has 0 amide bonds. The Hall–Kier alpha value is -0.130. The van der Waals surface area contributed by atoms with Gasteiger partial charge in [0.1, 0.15) is 0 Å². The third kappa shape index (κ3) is 4.86. The second-order valence-corrected chi connectivity index (χ2v) is 6.62. The predicted octanol–water partition coefficient (Wildman–Crippen LogP) is 3.11. The van der Waals surface area contributed by atoms with Crippen molar-refractivity contribution in [3.8, 4) is 0 Å². The van der Waals surface area contributed by atoms with E-state index in [2.05, 4.69) is 64.0 Å². The summed E-state index contributed by atoms with van der Waals surface area (Å²) < 4.78 is 1.30. The Morgan fingerprint density at radius 2 is 1.89 bits per heavy atom. The Morgan fingerprint density at radius 1 is 1.22 bits per heavy atom. The van der Waals surface area contributed by atoms with Gasteiger partial charge in [-0.3, -0.25) is 0 Å². The van der Waals surface area contributed by atoms with Crippen LogP contribution in [0.1, 0.15) is 25.3 Å². The molecule has 0 aromatic heterocycles. The largest absolute Gasteiger partial charge is 0.312 e. The van der Waals surface area contributed by atoms with E-state index >= 15 is 0 Å². The number of hydrogen-bond acceptors (Lipinski definition) is 2. The Bertz CT molecular complexity index is 344. The Balaban J connectivity index is 1.63. The number of benzene rings is 1. The molecule has 1 heterocycles. The van der Waals surface area contributed by atoms with Crippen LogP contribution in [-0.4, -0.2) is 31.1 Å². The van der Waals surface area contributed by atoms with Crippen molar-refractivity contribution < 1.29 is 0 Å². The van der Waals surface area contributed by atoms with Crippen LogP contribution in [0.2, 0.25) is 0 Å². The lowest BCUT2D eigenvalue weighted by Crippen LogP contribution is -2.31. The summed E-state index contributed by atoms with van der Waals surface area (Å²) in [5.41, 5.74) is 1.38. The molecule has 1 saturated heterocycles. The first kappa shape index (κ1) is 14.3. The molecular weight excluding hydrogens is 335 g/mol. The summed E-state index contributed by atoms with van der Waals surface area (Å²) in [6.07, 6.45) is 2.78. The number of likely N-dealkylation sites (tertiary alicyclic amines) is 1. The minimum atomic E-state index is 0.743. The highest BCUT2D eigenvalue weighted by Crippen LogP contribution is 2.10. The minimum Gasteiger partial charge on any atom is -0.312 e. The number of rotatable bonds is 6. The second-order valence-electron chi connectivity index (χ2n) is 5.37. The van der Waals surface area contributed by atoms with Gasteiger partial charge >= 0.3 is 0 Å². The first-order valence-electron chi connectivity index (χ1n) is 6.91. The maximum absolute atomic E-state index is 3.57. The van der Waals surface area contributed by atoms with E-state index in [0.717, 1.165) is 19.0 Å². The Kier molecular flexibility index (Phi) is 5.92. The molecule has 1 aromatic carbocycles. The van der Waals surface area contributed by atoms with Gasteiger partial charge < -0.3 is 10.2 Å². The molecule has 1 atom stereocenters. The molecule has 0 bridgehead atoms. The van der Waals surface area contributed by atoms with Crippen molar-refractivity contribution in [2.75, 3.05) is 26.2 Å². The van der Waals surface area contributed by atoms with Crippen molar-refractivity contribution in [3.63, 3.8) is 0 Å². The molecule has 1 fully saturated rings. The van der Waals surface area contributed by atoms with Crippen LogP contribution in [0.4, 0.5) is 0 Å². The first-order valence-corrected chi connectivity index (χ1v) is 7.99. The van der Waals surface area contributed by atoms with Gasteiger partial charge in [0.25, 0.3) is 0 Å². The van der Waals surface area contributed by atoms with Crippen LogP contribution in [0.3, 0.4) is 0 Å². The highest BCUT2D eigenvalue weighted by atomic mass is 127. The summed E-state index contributed by atoms with van der Waals surface area (Å²) in [7, 11) is 0. The molecule has 2 rings (SSSR count). The minimum absolute atomic E-state index is 0.743. The van der Waals surface area contributed by atoms with E-state index < -0.39 is 0 Å². The third-order valence-electron chi connectivity index (χ3n) is 3.50. The number of nitrogens with zero attached hydrogens (tertiary/aromatic N) is 1. The summed E-state index contributed by atoms with van der Waals surface area (Å²) in [4.78, 5) is 2.59. The molecule has 1 aliphatic heterocycles. The van der Waals surface area contributed by atoms with Gasteiger partial charge in [0.15, 0.2) is 0 Å². The molecule has 2 nitrogen and oxygen atoms in total. The molecule has 0 aliphatic carbocycles. The zero-order chi connectivity index (χ0) is 12.8. The molecule has 0 radical (unpaired) electrons. The standard InChI is InChI=1S/C15H23IN2/c1-13(12-18-8-2-3-9-18)10-17-11-14-4-6-15(16)7-5-14/h4-7,13,17H,2-3,8-12H2,1H3. The molecule has 3 heteroatoms. The van der Waals surface area contributed by atoms with Gasteiger partial charge in [-0.25, -0.2) is 0 Å². The van der Waals surface area contributed by atoms with Gasteiger partial charge in [0, 0.05) is 16.7 Å². The fraction of sp³-hybridized carbons (Fsp3) is 0.600. The van der Waals surface area contributed by atoms with E-state index in [4.69, 9.17) is 0 Å². The third-order valence-corrected chi connectivity index (χ3v) is 4.22. The number of halogens is 1. The van der Waals surface area contributed by atoms with Gasteiger partial charge in [0.05, 0.1) is 0 Å². The summed E-state index contributed by atoms with van der Waals surface area (Å²) in [5, 5.41) is 3.57. The number of nitrogens with one attached hydrogen (secondary N) is 1. The normalized spacial score (nSPS) is 18.1. The average Bonchev–Trinajstić information content (AvgIpc) is 2.84. The molecule has 100 valence electrons. The molecule has 18 heavy (non-hydrogen) atoms. The van der Waals surface area contributed by atoms with Gasteiger partial charge in [0.2, 0.25) is 0 Å². The predicted molar refractivity (Wildman–Crippen MR) is 85.7 cm³/mol. The van der Waals surface area contributed by atoms with Crippen LogP contribution in [0.5, 0.6) is 0 Å². The highest BCUT2D eigenvalue weighted by molar-refractivity contribution is 14.1. The fourth-order valence-electron chi connectivity index (χ4n) is 2.54. The van der Waals surface area contributed by atoms with Crippen LogP contribution in [0, 0.1) is 9.49 Å². The summed E-state index contributed by atoms with van der Waals surface area (Å²) >= 11 is 2.35. The SMILES string of the molecule is CC(CNCc1ccc(I)cc1)CN1CCCC1. The smallest absolute Gasteiger partial charge is 0.0205 e. The van der Waals surface area contributed by atoms with Crippen LogP contribution < -0.4 is 5.32 Å². The van der Waals surface area contributed by atoms with Crippen molar-refractivity contribution >= 4 is 22.6 Å². The van der Waals surface area contributed by atoms with Gasteiger partial charge in [-0.15, -0.1) is 0 Å². The molecule has 0 spiro atoms. The van der Waals surface area contributed by atoms with Crippen molar-refractivity contribution in [1.29, 1.82) is 0 Å². The maximum atomic E-state index is 3.57. The zero-order valence-corrected chi connectivity index (χ0v) is 13.3. The van der Waals surface area contributed by atoms with Gasteiger partial charge in [-0.2, -0.15) is 0 Å². The average molecular weight is 358 g/mol. The molecule has 1 unspecified atom stereocenters. The second kappa shape index (κ2) is 7.46. The summed E-state index contributed by atoms with van der Waals surface area (Å²) in [6, 6.07) is 8.76. The first-order chi connectivity index (χ1) is 8.74. The topological polar surface area (TPSA) is 15.3 Å². The lowest BCUT2D eigenvalue weighted by atomic mass is 10.1. The molecular formula is C15H23IN2. The Morgan fingerprint density at radius 3 is 2.56 bits per heavy atom. The molecule has 1 aliphatic rings. The van der Waals surface area contributed by atoms with Crippen LogP contribution >= 0.6 is 22.6 Å². The van der Waals surface area contributed by atoms with Gasteiger partial charge in [-0.05, 0) is 78.7 Å². The van der Waals surface area contributed by atoms with Crippen LogP contribution in [-0.2, 0) is 6.54 Å². The van der Waals surface area contributed by atoms with Crippen molar-refractivity contribution in [1.82, 2.24) is 10.2 Å². The van der Waals surface area contributed by atoms with Crippen molar-refractivity contribution in [2.24, 2.45) is 5.92 Å². The van der Waals surface area contributed by atoms with E-state index in [1.165, 1.54) is 41.6 Å². The maximum Gasteiger partial charge on any atom is 0.0205 e. The lowest BCUT2D eigenvalue weighted by molar-refractivity contribution is 0.282. The van der Waals surface area contributed by atoms with Crippen LogP contribution in [0.25, 0.3) is 0 Å². The molecule has 1 N–H and O–H groups in total. The molecule has 1 aromatic rings. The van der Waals surface area contributed by atoms with Crippen molar-refractivity contribution in [3.05, 3.63) is 33.4 Å². The highest BCUT2D eigenvalue weighted by Gasteiger charge is 2.14. The fourth-order valence-corrected chi connectivity index (χ4v) is 2.90. The van der Waals surface area contributed by atoms with E-state index in [9.17, 15) is 0 Å². The molecule has 0 saturated carbocycles. The van der Waals surface area contributed by atoms with E-state index in [1.807, 2.05) is 0 Å². The zero-order valence-electron chi connectivity index (χ0n) is 11.2. The van der Waals surface area contributed by atoms with Gasteiger partial charge in [-0.1, -0.05) is 19.1 Å². The number of hydrogen-bond donors (Lipinski definition) is 1. The quantitative estimate of drug-likeness (QED) is 0.787. The summed E-state index contributed by atoms with van der Waals surface area (Å²) in [5.74, 6) is 0.743. The van der Waals surface area contributed by atoms with E-state index in [0.29, 0.717) is 0 Å². The van der Waals surface area contributed by atoms with E-state index in [1.54, 1.807) is 0 Å². The monoisotopic (exact) mass is 358 g/mol. The van der Waals surface area contributed by atoms with E-state index in [-0.39, 0.29) is 0 Å². The summed E-state index contributed by atoms with van der Waals surface area (Å²) in [6.45, 7) is 8.31. The van der Waals surface area contributed by atoms with Crippen molar-refractivity contribution in [2.45, 2.75) is 26.3 Å². The lowest BCUT2D eigenvalue weighted by Gasteiger charge is -2.20. The Labute approximate surface area is 124 Å². The van der Waals surface area contributed by atoms with Crippen LogP contribution in [0.15, 0.2) is 24.3 Å².